The van der Waals surface area contributed by atoms with Crippen molar-refractivity contribution in [1.29, 1.82) is 5.41 Å². The highest BCUT2D eigenvalue weighted by Gasteiger charge is 2.30. The zero-order chi connectivity index (χ0) is 15.5. The zero-order valence-corrected chi connectivity index (χ0v) is 10.7. The van der Waals surface area contributed by atoms with Crippen molar-refractivity contribution in [3.63, 3.8) is 0 Å². The normalized spacial score (nSPS) is 11.2. The minimum atomic E-state index is -4.45. The Balaban J connectivity index is 1.96. The van der Waals surface area contributed by atoms with Crippen LogP contribution in [0.1, 0.15) is 21.5 Å². The summed E-state index contributed by atoms with van der Waals surface area (Å²) in [5.74, 6) is -0.774. The van der Waals surface area contributed by atoms with Gasteiger partial charge in [-0.3, -0.25) is 0 Å². The van der Waals surface area contributed by atoms with Crippen molar-refractivity contribution in [3.05, 3.63) is 59.4 Å². The van der Waals surface area contributed by atoms with Crippen molar-refractivity contribution >= 4 is 11.7 Å². The Bertz CT molecular complexity index is 631. The van der Waals surface area contributed by atoms with E-state index >= 15 is 0 Å². The molecule has 1 heterocycles. The Morgan fingerprint density at radius 3 is 2.33 bits per heavy atom. The molecule has 0 spiro atoms. The van der Waals surface area contributed by atoms with E-state index in [1.54, 1.807) is 18.5 Å². The largest absolute Gasteiger partial charge is 0.456 e. The van der Waals surface area contributed by atoms with Gasteiger partial charge in [0, 0.05) is 18.0 Å². The zero-order valence-electron chi connectivity index (χ0n) is 10.7. The number of hydrogen-bond acceptors (Lipinski definition) is 3. The number of esters is 1. The fourth-order valence-corrected chi connectivity index (χ4v) is 1.61. The lowest BCUT2D eigenvalue weighted by atomic mass is 10.1. The van der Waals surface area contributed by atoms with Gasteiger partial charge in [-0.1, -0.05) is 0 Å². The molecule has 0 atom stereocenters. The topological polar surface area (TPSA) is 65.9 Å². The van der Waals surface area contributed by atoms with E-state index in [-0.39, 0.29) is 17.9 Å². The first-order valence-corrected chi connectivity index (χ1v) is 5.93. The number of aromatic amines is 1. The standard InChI is InChI=1S/C14H11F3N2O2/c15-14(16,17)11-3-1-9(2-4-11)13(20)21-8-12(18)10-5-6-19-7-10/h1-7,18-19H,8H2. The highest BCUT2D eigenvalue weighted by molar-refractivity contribution is 6.00. The lowest BCUT2D eigenvalue weighted by molar-refractivity contribution is -0.137. The molecule has 0 radical (unpaired) electrons. The van der Waals surface area contributed by atoms with Crippen LogP contribution < -0.4 is 0 Å². The molecule has 0 aliphatic rings. The molecule has 0 aliphatic heterocycles. The van der Waals surface area contributed by atoms with Crippen LogP contribution in [0, 0.1) is 5.41 Å². The van der Waals surface area contributed by atoms with E-state index in [1.165, 1.54) is 0 Å². The number of benzene rings is 1. The van der Waals surface area contributed by atoms with Crippen molar-refractivity contribution in [2.75, 3.05) is 6.61 Å². The van der Waals surface area contributed by atoms with Crippen molar-refractivity contribution < 1.29 is 22.7 Å². The van der Waals surface area contributed by atoms with Gasteiger partial charge < -0.3 is 15.1 Å². The van der Waals surface area contributed by atoms with Gasteiger partial charge in [0.25, 0.3) is 0 Å². The van der Waals surface area contributed by atoms with Crippen LogP contribution in [-0.2, 0) is 10.9 Å². The summed E-state index contributed by atoms with van der Waals surface area (Å²) < 4.78 is 42.0. The highest BCUT2D eigenvalue weighted by Crippen LogP contribution is 2.29. The molecule has 110 valence electrons. The van der Waals surface area contributed by atoms with E-state index < -0.39 is 17.7 Å². The number of carbonyl (C=O) groups is 1. The summed E-state index contributed by atoms with van der Waals surface area (Å²) in [6, 6.07) is 5.37. The number of halogens is 3. The van der Waals surface area contributed by atoms with E-state index in [2.05, 4.69) is 4.98 Å². The predicted molar refractivity (Wildman–Crippen MR) is 69.3 cm³/mol. The highest BCUT2D eigenvalue weighted by atomic mass is 19.4. The summed E-state index contributed by atoms with van der Waals surface area (Å²) in [4.78, 5) is 14.4. The van der Waals surface area contributed by atoms with Gasteiger partial charge in [-0.2, -0.15) is 13.2 Å². The molecule has 4 nitrogen and oxygen atoms in total. The van der Waals surface area contributed by atoms with Crippen LogP contribution in [0.3, 0.4) is 0 Å². The fraction of sp³-hybridized carbons (Fsp3) is 0.143. The second-order valence-electron chi connectivity index (χ2n) is 4.23. The Kier molecular flexibility index (Phi) is 4.11. The first kappa shape index (κ1) is 14.8. The second kappa shape index (κ2) is 5.82. The van der Waals surface area contributed by atoms with Crippen molar-refractivity contribution in [2.45, 2.75) is 6.18 Å². The molecule has 1 aromatic carbocycles. The molecule has 0 fully saturated rings. The third-order valence-electron chi connectivity index (χ3n) is 2.74. The maximum atomic E-state index is 12.4. The van der Waals surface area contributed by atoms with Crippen LogP contribution in [0.15, 0.2) is 42.7 Å². The molecule has 2 rings (SSSR count). The van der Waals surface area contributed by atoms with Gasteiger partial charge in [-0.15, -0.1) is 0 Å². The minimum absolute atomic E-state index is 0.00451. The Labute approximate surface area is 118 Å². The summed E-state index contributed by atoms with van der Waals surface area (Å²) in [7, 11) is 0. The summed E-state index contributed by atoms with van der Waals surface area (Å²) in [5.41, 5.74) is -0.157. The van der Waals surface area contributed by atoms with Crippen molar-refractivity contribution in [3.8, 4) is 0 Å². The molecule has 21 heavy (non-hydrogen) atoms. The number of rotatable bonds is 4. The first-order chi connectivity index (χ1) is 9.88. The number of ether oxygens (including phenoxy) is 1. The third-order valence-corrected chi connectivity index (χ3v) is 2.74. The molecular formula is C14H11F3N2O2. The smallest absolute Gasteiger partial charge is 0.416 e. The first-order valence-electron chi connectivity index (χ1n) is 5.93. The van der Waals surface area contributed by atoms with Crippen LogP contribution in [0.25, 0.3) is 0 Å². The molecule has 0 saturated carbocycles. The van der Waals surface area contributed by atoms with Crippen LogP contribution >= 0.6 is 0 Å². The summed E-state index contributed by atoms with van der Waals surface area (Å²) >= 11 is 0. The van der Waals surface area contributed by atoms with E-state index in [0.717, 1.165) is 24.3 Å². The maximum absolute atomic E-state index is 12.4. The monoisotopic (exact) mass is 296 g/mol. The molecule has 0 amide bonds. The van der Waals surface area contributed by atoms with E-state index in [1.807, 2.05) is 0 Å². The van der Waals surface area contributed by atoms with Gasteiger partial charge in [0.15, 0.2) is 0 Å². The van der Waals surface area contributed by atoms with Gasteiger partial charge in [0.2, 0.25) is 0 Å². The Morgan fingerprint density at radius 2 is 1.81 bits per heavy atom. The molecule has 1 aromatic heterocycles. The van der Waals surface area contributed by atoms with Crippen LogP contribution in [-0.4, -0.2) is 23.3 Å². The van der Waals surface area contributed by atoms with Gasteiger partial charge >= 0.3 is 12.1 Å². The summed E-state index contributed by atoms with van der Waals surface area (Å²) in [6.07, 6.45) is -1.24. The van der Waals surface area contributed by atoms with Gasteiger partial charge in [-0.25, -0.2) is 4.79 Å². The quantitative estimate of drug-likeness (QED) is 0.672. The number of nitrogens with one attached hydrogen (secondary N) is 2. The number of carbonyl (C=O) groups excluding carboxylic acids is 1. The van der Waals surface area contributed by atoms with Crippen LogP contribution in [0.4, 0.5) is 13.2 Å². The lowest BCUT2D eigenvalue weighted by Gasteiger charge is -2.08. The Hall–Kier alpha value is -2.57. The third kappa shape index (κ3) is 3.71. The average Bonchev–Trinajstić information content (AvgIpc) is 2.98. The van der Waals surface area contributed by atoms with Gasteiger partial charge in [0.1, 0.15) is 6.61 Å². The second-order valence-corrected chi connectivity index (χ2v) is 4.23. The molecule has 0 unspecified atom stereocenters. The molecule has 7 heteroatoms. The SMILES string of the molecule is N=C(COC(=O)c1ccc(C(F)(F)F)cc1)c1cc[nH]c1. The Morgan fingerprint density at radius 1 is 1.14 bits per heavy atom. The fourth-order valence-electron chi connectivity index (χ4n) is 1.61. The number of hydrogen-bond donors (Lipinski definition) is 2. The maximum Gasteiger partial charge on any atom is 0.416 e. The van der Waals surface area contributed by atoms with E-state index in [4.69, 9.17) is 10.1 Å². The minimum Gasteiger partial charge on any atom is -0.456 e. The molecule has 2 N–H and O–H groups in total. The van der Waals surface area contributed by atoms with E-state index in [9.17, 15) is 18.0 Å². The number of H-pyrrole nitrogens is 1. The molecule has 0 saturated heterocycles. The molecular weight excluding hydrogens is 285 g/mol. The molecule has 0 bridgehead atoms. The van der Waals surface area contributed by atoms with E-state index in [0.29, 0.717) is 5.56 Å². The average molecular weight is 296 g/mol. The van der Waals surface area contributed by atoms with Gasteiger partial charge in [0.05, 0.1) is 16.8 Å². The molecule has 0 aliphatic carbocycles. The van der Waals surface area contributed by atoms with Crippen molar-refractivity contribution in [1.82, 2.24) is 4.98 Å². The van der Waals surface area contributed by atoms with Crippen molar-refractivity contribution in [2.24, 2.45) is 0 Å². The number of alkyl halides is 3. The number of aromatic nitrogens is 1. The van der Waals surface area contributed by atoms with Crippen LogP contribution in [0.2, 0.25) is 0 Å². The predicted octanol–water partition coefficient (Wildman–Crippen LogP) is 3.26. The van der Waals surface area contributed by atoms with Crippen LogP contribution in [0.5, 0.6) is 0 Å². The summed E-state index contributed by atoms with van der Waals surface area (Å²) in [6.45, 7) is -0.252. The lowest BCUT2D eigenvalue weighted by Crippen LogP contribution is -2.14. The summed E-state index contributed by atoms with van der Waals surface area (Å²) in [5, 5.41) is 7.67. The molecule has 2 aromatic rings. The van der Waals surface area contributed by atoms with Gasteiger partial charge in [-0.05, 0) is 30.3 Å².